The fraction of sp³-hybridized carbons (Fsp3) is 0.727. The van der Waals surface area contributed by atoms with Gasteiger partial charge in [-0.05, 0) is 13.0 Å². The van der Waals surface area contributed by atoms with E-state index in [4.69, 9.17) is 5.73 Å². The summed E-state index contributed by atoms with van der Waals surface area (Å²) in [7, 11) is 2.05. The number of rotatable bonds is 3. The van der Waals surface area contributed by atoms with Gasteiger partial charge in [-0.15, -0.1) is 0 Å². The Hall–Kier alpha value is -0.830. The van der Waals surface area contributed by atoms with Crippen LogP contribution in [0.25, 0.3) is 0 Å². The van der Waals surface area contributed by atoms with E-state index in [9.17, 15) is 0 Å². The predicted molar refractivity (Wildman–Crippen MR) is 59.3 cm³/mol. The number of hydrogen-bond donors (Lipinski definition) is 1. The van der Waals surface area contributed by atoms with Gasteiger partial charge < -0.3 is 10.3 Å². The Kier molecular flexibility index (Phi) is 3.32. The minimum absolute atomic E-state index is 0.138. The Morgan fingerprint density at radius 3 is 2.50 bits per heavy atom. The minimum atomic E-state index is 0.138. The molecule has 1 rings (SSSR count). The molecular weight excluding hydrogens is 174 g/mol. The van der Waals surface area contributed by atoms with Gasteiger partial charge in [0.15, 0.2) is 0 Å². The highest BCUT2D eigenvalue weighted by Gasteiger charge is 2.18. The first-order valence-electron chi connectivity index (χ1n) is 5.18. The van der Waals surface area contributed by atoms with Gasteiger partial charge in [0.25, 0.3) is 0 Å². The number of nitrogens with zero attached hydrogens (tertiary/aromatic N) is 2. The van der Waals surface area contributed by atoms with Gasteiger partial charge in [0.2, 0.25) is 0 Å². The minimum Gasteiger partial charge on any atom is -0.338 e. The molecule has 1 aromatic heterocycles. The van der Waals surface area contributed by atoms with Crippen LogP contribution in [0.4, 0.5) is 0 Å². The quantitative estimate of drug-likeness (QED) is 0.796. The molecule has 0 bridgehead atoms. The predicted octanol–water partition coefficient (Wildman–Crippen LogP) is 1.61. The largest absolute Gasteiger partial charge is 0.338 e. The lowest BCUT2D eigenvalue weighted by Crippen LogP contribution is -2.11. The number of aromatic nitrogens is 2. The third-order valence-electron chi connectivity index (χ3n) is 2.35. The van der Waals surface area contributed by atoms with Gasteiger partial charge >= 0.3 is 0 Å². The lowest BCUT2D eigenvalue weighted by molar-refractivity contribution is 0.570. The SMILES string of the molecule is Cn1cc(C(C)(C)C)nc1CCCN. The molecule has 0 saturated heterocycles. The molecule has 14 heavy (non-hydrogen) atoms. The highest BCUT2D eigenvalue weighted by molar-refractivity contribution is 5.13. The van der Waals surface area contributed by atoms with Crippen molar-refractivity contribution in [2.45, 2.75) is 39.0 Å². The Morgan fingerprint density at radius 2 is 2.07 bits per heavy atom. The maximum absolute atomic E-state index is 5.48. The van der Waals surface area contributed by atoms with Crippen LogP contribution in [0, 0.1) is 0 Å². The van der Waals surface area contributed by atoms with Crippen LogP contribution >= 0.6 is 0 Å². The molecule has 0 radical (unpaired) electrons. The van der Waals surface area contributed by atoms with Gasteiger partial charge in [-0.25, -0.2) is 4.98 Å². The summed E-state index contributed by atoms with van der Waals surface area (Å²) in [5.41, 5.74) is 6.78. The van der Waals surface area contributed by atoms with Crippen molar-refractivity contribution in [3.05, 3.63) is 17.7 Å². The van der Waals surface area contributed by atoms with E-state index in [1.165, 1.54) is 0 Å². The van der Waals surface area contributed by atoms with Crippen LogP contribution in [0.1, 0.15) is 38.7 Å². The number of hydrogen-bond acceptors (Lipinski definition) is 2. The summed E-state index contributed by atoms with van der Waals surface area (Å²) in [5, 5.41) is 0. The molecule has 80 valence electrons. The molecular formula is C11H21N3. The van der Waals surface area contributed by atoms with Crippen LogP contribution < -0.4 is 5.73 Å². The van der Waals surface area contributed by atoms with Crippen molar-refractivity contribution in [2.75, 3.05) is 6.54 Å². The third-order valence-corrected chi connectivity index (χ3v) is 2.35. The van der Waals surface area contributed by atoms with E-state index in [1.54, 1.807) is 0 Å². The number of imidazole rings is 1. The molecule has 0 fully saturated rings. The summed E-state index contributed by atoms with van der Waals surface area (Å²) in [5.74, 6) is 1.14. The summed E-state index contributed by atoms with van der Waals surface area (Å²) in [6.07, 6.45) is 4.10. The normalized spacial score (nSPS) is 12.1. The average molecular weight is 195 g/mol. The van der Waals surface area contributed by atoms with Crippen LogP contribution in [0.5, 0.6) is 0 Å². The Bertz CT molecular complexity index is 294. The van der Waals surface area contributed by atoms with Gasteiger partial charge in [-0.2, -0.15) is 0 Å². The zero-order valence-electron chi connectivity index (χ0n) is 9.67. The Labute approximate surface area is 86.3 Å². The second-order valence-corrected chi connectivity index (χ2v) is 4.80. The summed E-state index contributed by atoms with van der Waals surface area (Å²) < 4.78 is 2.11. The zero-order chi connectivity index (χ0) is 10.8. The van der Waals surface area contributed by atoms with Gasteiger partial charge in [-0.3, -0.25) is 0 Å². The molecule has 0 spiro atoms. The first kappa shape index (κ1) is 11.2. The van der Waals surface area contributed by atoms with E-state index in [-0.39, 0.29) is 5.41 Å². The van der Waals surface area contributed by atoms with Crippen LogP contribution in [0.2, 0.25) is 0 Å². The van der Waals surface area contributed by atoms with E-state index in [2.05, 4.69) is 36.5 Å². The van der Waals surface area contributed by atoms with Crippen LogP contribution in [-0.4, -0.2) is 16.1 Å². The maximum Gasteiger partial charge on any atom is 0.108 e. The molecule has 0 aliphatic rings. The first-order chi connectivity index (χ1) is 6.45. The molecule has 0 saturated carbocycles. The van der Waals surface area contributed by atoms with Gasteiger partial charge in [0, 0.05) is 25.1 Å². The van der Waals surface area contributed by atoms with Crippen molar-refractivity contribution < 1.29 is 0 Å². The molecule has 1 heterocycles. The Morgan fingerprint density at radius 1 is 1.43 bits per heavy atom. The van der Waals surface area contributed by atoms with Crippen molar-refractivity contribution in [1.29, 1.82) is 0 Å². The van der Waals surface area contributed by atoms with Crippen molar-refractivity contribution >= 4 is 0 Å². The monoisotopic (exact) mass is 195 g/mol. The van der Waals surface area contributed by atoms with Crippen LogP contribution in [0.15, 0.2) is 6.20 Å². The summed E-state index contributed by atoms with van der Waals surface area (Å²) in [6, 6.07) is 0. The van der Waals surface area contributed by atoms with Crippen molar-refractivity contribution in [1.82, 2.24) is 9.55 Å². The van der Waals surface area contributed by atoms with Crippen molar-refractivity contribution in [3.8, 4) is 0 Å². The molecule has 0 amide bonds. The molecule has 2 N–H and O–H groups in total. The smallest absolute Gasteiger partial charge is 0.108 e. The van der Waals surface area contributed by atoms with Gasteiger partial charge in [-0.1, -0.05) is 20.8 Å². The molecule has 0 aromatic carbocycles. The highest BCUT2D eigenvalue weighted by Crippen LogP contribution is 2.21. The molecule has 3 heteroatoms. The lowest BCUT2D eigenvalue weighted by atomic mass is 9.93. The molecule has 1 aromatic rings. The second kappa shape index (κ2) is 4.13. The molecule has 0 unspecified atom stereocenters. The highest BCUT2D eigenvalue weighted by atomic mass is 15.0. The summed E-state index contributed by atoms with van der Waals surface area (Å²) in [6.45, 7) is 7.28. The fourth-order valence-corrected chi connectivity index (χ4v) is 1.36. The number of nitrogens with two attached hydrogens (primary N) is 1. The molecule has 0 aliphatic heterocycles. The van der Waals surface area contributed by atoms with Gasteiger partial charge in [0.05, 0.1) is 5.69 Å². The van der Waals surface area contributed by atoms with Crippen LogP contribution in [-0.2, 0) is 18.9 Å². The Balaban J connectivity index is 2.82. The van der Waals surface area contributed by atoms with Crippen LogP contribution in [0.3, 0.4) is 0 Å². The summed E-state index contributed by atoms with van der Waals surface area (Å²) in [4.78, 5) is 4.63. The van der Waals surface area contributed by atoms with E-state index < -0.39 is 0 Å². The van der Waals surface area contributed by atoms with E-state index in [1.807, 2.05) is 7.05 Å². The van der Waals surface area contributed by atoms with Crippen molar-refractivity contribution in [3.63, 3.8) is 0 Å². The van der Waals surface area contributed by atoms with E-state index in [0.717, 1.165) is 30.9 Å². The van der Waals surface area contributed by atoms with E-state index >= 15 is 0 Å². The van der Waals surface area contributed by atoms with Crippen molar-refractivity contribution in [2.24, 2.45) is 12.8 Å². The zero-order valence-corrected chi connectivity index (χ0v) is 9.67. The second-order valence-electron chi connectivity index (χ2n) is 4.80. The lowest BCUT2D eigenvalue weighted by Gasteiger charge is -2.13. The average Bonchev–Trinajstić information content (AvgIpc) is 2.43. The topological polar surface area (TPSA) is 43.8 Å². The maximum atomic E-state index is 5.48. The molecule has 0 aliphatic carbocycles. The first-order valence-corrected chi connectivity index (χ1v) is 5.18. The van der Waals surface area contributed by atoms with E-state index in [0.29, 0.717) is 0 Å². The molecule has 0 atom stereocenters. The van der Waals surface area contributed by atoms with Gasteiger partial charge in [0.1, 0.15) is 5.82 Å². The third kappa shape index (κ3) is 2.58. The number of aryl methyl sites for hydroxylation is 2. The standard InChI is InChI=1S/C11H21N3/c1-11(2,3)9-8-14(4)10(13-9)6-5-7-12/h8H,5-7,12H2,1-4H3. The summed E-state index contributed by atoms with van der Waals surface area (Å²) >= 11 is 0. The fourth-order valence-electron chi connectivity index (χ4n) is 1.36. The molecule has 3 nitrogen and oxygen atoms in total.